The molecule has 0 nitrogen and oxygen atoms in total. The second-order valence-corrected chi connectivity index (χ2v) is 7.81. The predicted octanol–water partition coefficient (Wildman–Crippen LogP) is 6.59. The van der Waals surface area contributed by atoms with Crippen LogP contribution in [0.3, 0.4) is 0 Å². The summed E-state index contributed by atoms with van der Waals surface area (Å²) in [6, 6.07) is 0. The molecule has 2 rings (SSSR count). The molecule has 0 aromatic heterocycles. The van der Waals surface area contributed by atoms with Gasteiger partial charge in [0.15, 0.2) is 0 Å². The van der Waals surface area contributed by atoms with E-state index in [1.165, 1.54) is 83.5 Å². The van der Waals surface area contributed by atoms with Crippen LogP contribution in [0.1, 0.15) is 97.3 Å². The van der Waals surface area contributed by atoms with Crippen molar-refractivity contribution in [3.05, 3.63) is 0 Å². The number of rotatable bonds is 5. The molecule has 2 saturated carbocycles. The maximum absolute atomic E-state index is 3.65. The maximum Gasteiger partial charge on any atom is 0.0203 e. The molecule has 120 valence electrons. The van der Waals surface area contributed by atoms with Crippen LogP contribution in [0.5, 0.6) is 0 Å². The van der Waals surface area contributed by atoms with E-state index in [0.29, 0.717) is 0 Å². The highest BCUT2D eigenvalue weighted by Gasteiger charge is 2.20. The van der Waals surface area contributed by atoms with Gasteiger partial charge in [0.25, 0.3) is 0 Å². The Morgan fingerprint density at radius 1 is 0.714 bits per heavy atom. The summed E-state index contributed by atoms with van der Waals surface area (Å²) in [4.78, 5) is 0. The zero-order chi connectivity index (χ0) is 14.9. The molecule has 0 unspecified atom stereocenters. The van der Waals surface area contributed by atoms with Gasteiger partial charge in [-0.05, 0) is 63.2 Å². The third kappa shape index (κ3) is 6.46. The monoisotopic (exact) mass is 288 g/mol. The van der Waals surface area contributed by atoms with Crippen LogP contribution in [-0.2, 0) is 0 Å². The number of unbranched alkanes of at least 4 members (excludes halogenated alkanes) is 3. The minimum absolute atomic E-state index is 0.730. The van der Waals surface area contributed by atoms with Crippen LogP contribution in [0.2, 0.25) is 0 Å². The Hall–Kier alpha value is -0.440. The van der Waals surface area contributed by atoms with Crippen molar-refractivity contribution in [2.45, 2.75) is 97.3 Å². The minimum Gasteiger partial charge on any atom is -0.0996 e. The molecule has 2 aliphatic carbocycles. The van der Waals surface area contributed by atoms with Crippen LogP contribution >= 0.6 is 0 Å². The van der Waals surface area contributed by atoms with Crippen LogP contribution < -0.4 is 0 Å². The zero-order valence-corrected chi connectivity index (χ0v) is 14.5. The highest BCUT2D eigenvalue weighted by Crippen LogP contribution is 2.32. The fourth-order valence-electron chi connectivity index (χ4n) is 4.10. The van der Waals surface area contributed by atoms with Crippen LogP contribution in [0.25, 0.3) is 0 Å². The van der Waals surface area contributed by atoms with E-state index < -0.39 is 0 Å². The van der Waals surface area contributed by atoms with E-state index in [4.69, 9.17) is 0 Å². The van der Waals surface area contributed by atoms with Gasteiger partial charge in [0, 0.05) is 11.8 Å². The van der Waals surface area contributed by atoms with Gasteiger partial charge in [-0.25, -0.2) is 0 Å². The Morgan fingerprint density at radius 2 is 1.29 bits per heavy atom. The Balaban J connectivity index is 1.61. The van der Waals surface area contributed by atoms with Crippen molar-refractivity contribution in [1.82, 2.24) is 0 Å². The van der Waals surface area contributed by atoms with E-state index in [2.05, 4.69) is 25.7 Å². The van der Waals surface area contributed by atoms with Crippen molar-refractivity contribution in [3.63, 3.8) is 0 Å². The summed E-state index contributed by atoms with van der Waals surface area (Å²) in [6.07, 6.45) is 18.4. The molecule has 0 heterocycles. The Labute approximate surface area is 133 Å². The molecule has 0 aromatic rings. The molecule has 0 amide bonds. The average Bonchev–Trinajstić information content (AvgIpc) is 2.52. The highest BCUT2D eigenvalue weighted by molar-refractivity contribution is 5.08. The van der Waals surface area contributed by atoms with E-state index in [0.717, 1.165) is 23.7 Å². The fraction of sp³-hybridized carbons (Fsp3) is 0.905. The average molecular weight is 289 g/mol. The molecule has 2 fully saturated rings. The molecular weight excluding hydrogens is 252 g/mol. The molecule has 0 radical (unpaired) electrons. The molecule has 0 atom stereocenters. The van der Waals surface area contributed by atoms with Gasteiger partial charge < -0.3 is 0 Å². The summed E-state index contributed by atoms with van der Waals surface area (Å²) in [7, 11) is 0. The first-order valence-electron chi connectivity index (χ1n) is 9.79. The largest absolute Gasteiger partial charge is 0.0996 e. The van der Waals surface area contributed by atoms with E-state index in [1.807, 2.05) is 0 Å². The van der Waals surface area contributed by atoms with Crippen molar-refractivity contribution in [2.75, 3.05) is 0 Å². The molecule has 0 N–H and O–H groups in total. The lowest BCUT2D eigenvalue weighted by atomic mass is 9.79. The van der Waals surface area contributed by atoms with Gasteiger partial charge in [-0.3, -0.25) is 0 Å². The smallest absolute Gasteiger partial charge is 0.0203 e. The standard InChI is InChI=1S/C21H36/c1-3-4-5-6-7-19-12-14-21(15-13-19)17-16-20-10-8-18(2)9-11-20/h18-21H,3-15H2,1-2H3/t18-,19-,20-,21-. The molecule has 0 saturated heterocycles. The van der Waals surface area contributed by atoms with Crippen LogP contribution in [-0.4, -0.2) is 0 Å². The Bertz CT molecular complexity index is 316. The van der Waals surface area contributed by atoms with Crippen molar-refractivity contribution < 1.29 is 0 Å². The van der Waals surface area contributed by atoms with Crippen molar-refractivity contribution in [2.24, 2.45) is 23.7 Å². The van der Waals surface area contributed by atoms with Crippen LogP contribution in [0.4, 0.5) is 0 Å². The van der Waals surface area contributed by atoms with Gasteiger partial charge >= 0.3 is 0 Å². The molecule has 21 heavy (non-hydrogen) atoms. The van der Waals surface area contributed by atoms with Gasteiger partial charge in [-0.1, -0.05) is 57.8 Å². The van der Waals surface area contributed by atoms with Gasteiger partial charge in [0.05, 0.1) is 0 Å². The summed E-state index contributed by atoms with van der Waals surface area (Å²) in [5.74, 6) is 10.7. The van der Waals surface area contributed by atoms with E-state index >= 15 is 0 Å². The van der Waals surface area contributed by atoms with Crippen LogP contribution in [0, 0.1) is 35.5 Å². The van der Waals surface area contributed by atoms with Crippen molar-refractivity contribution in [3.8, 4) is 11.8 Å². The first-order chi connectivity index (χ1) is 10.3. The predicted molar refractivity (Wildman–Crippen MR) is 93.1 cm³/mol. The lowest BCUT2D eigenvalue weighted by Crippen LogP contribution is -2.14. The molecule has 0 bridgehead atoms. The SMILES string of the molecule is CCCCCC[C@H]1CC[C@H](C#C[C@H]2CC[C@H](C)CC2)CC1. The van der Waals surface area contributed by atoms with Crippen molar-refractivity contribution in [1.29, 1.82) is 0 Å². The molecule has 0 spiro atoms. The first kappa shape index (κ1) is 16.9. The van der Waals surface area contributed by atoms with Crippen molar-refractivity contribution >= 4 is 0 Å². The highest BCUT2D eigenvalue weighted by atomic mass is 14.2. The molecular formula is C21H36. The molecule has 2 aliphatic rings. The molecule has 0 heteroatoms. The lowest BCUT2D eigenvalue weighted by Gasteiger charge is -2.26. The second-order valence-electron chi connectivity index (χ2n) is 7.81. The quantitative estimate of drug-likeness (QED) is 0.395. The van der Waals surface area contributed by atoms with Gasteiger partial charge in [-0.2, -0.15) is 0 Å². The van der Waals surface area contributed by atoms with E-state index in [-0.39, 0.29) is 0 Å². The Kier molecular flexibility index (Phi) is 7.70. The fourth-order valence-corrected chi connectivity index (χ4v) is 4.10. The number of hydrogen-bond donors (Lipinski definition) is 0. The topological polar surface area (TPSA) is 0 Å². The summed E-state index contributed by atoms with van der Waals surface area (Å²) in [5, 5.41) is 0. The zero-order valence-electron chi connectivity index (χ0n) is 14.5. The van der Waals surface area contributed by atoms with Gasteiger partial charge in [-0.15, -0.1) is 0 Å². The normalized spacial score (nSPS) is 33.2. The Morgan fingerprint density at radius 3 is 1.86 bits per heavy atom. The van der Waals surface area contributed by atoms with Gasteiger partial charge in [0.1, 0.15) is 0 Å². The number of hydrogen-bond acceptors (Lipinski definition) is 0. The first-order valence-corrected chi connectivity index (χ1v) is 9.79. The third-order valence-electron chi connectivity index (χ3n) is 5.82. The summed E-state index contributed by atoms with van der Waals surface area (Å²) >= 11 is 0. The van der Waals surface area contributed by atoms with Crippen LogP contribution in [0.15, 0.2) is 0 Å². The summed E-state index contributed by atoms with van der Waals surface area (Å²) in [6.45, 7) is 4.70. The maximum atomic E-state index is 3.65. The second kappa shape index (κ2) is 9.55. The molecule has 0 aliphatic heterocycles. The summed E-state index contributed by atoms with van der Waals surface area (Å²) in [5.41, 5.74) is 0. The van der Waals surface area contributed by atoms with E-state index in [9.17, 15) is 0 Å². The van der Waals surface area contributed by atoms with Gasteiger partial charge in [0.2, 0.25) is 0 Å². The third-order valence-corrected chi connectivity index (χ3v) is 5.82. The lowest BCUT2D eigenvalue weighted by molar-refractivity contribution is 0.293. The van der Waals surface area contributed by atoms with E-state index in [1.54, 1.807) is 0 Å². The molecule has 0 aromatic carbocycles. The minimum atomic E-state index is 0.730. The summed E-state index contributed by atoms with van der Waals surface area (Å²) < 4.78 is 0.